The third-order valence-electron chi connectivity index (χ3n) is 0.387. The van der Waals surface area contributed by atoms with Gasteiger partial charge in [-0.25, -0.2) is 18.7 Å². The SMILES string of the molecule is O=C(O)OP(=O)(O)OC(=O)O.O=P(O)(O)O.[H-].[H-].[H-].[H-].[H-].[Na+].[Na+].[Na+].[Na+].[Na+]. The van der Waals surface area contributed by atoms with Crippen LogP contribution in [0.2, 0.25) is 0 Å². The summed E-state index contributed by atoms with van der Waals surface area (Å²) >= 11 is 0. The number of carboxylic acid groups (broad SMARTS) is 2. The molecule has 0 saturated heterocycles. The third-order valence-corrected chi connectivity index (χ3v) is 1.16. The van der Waals surface area contributed by atoms with Crippen LogP contribution < -0.4 is 148 Å². The van der Waals surface area contributed by atoms with E-state index in [1.54, 1.807) is 0 Å². The molecular formula is C2H11Na5O12P2. The summed E-state index contributed by atoms with van der Waals surface area (Å²) in [6.45, 7) is 0. The van der Waals surface area contributed by atoms with E-state index in [-0.39, 0.29) is 155 Å². The first-order chi connectivity index (χ1) is 6.83. The van der Waals surface area contributed by atoms with Crippen molar-refractivity contribution in [3.8, 4) is 0 Å². The van der Waals surface area contributed by atoms with Crippen molar-refractivity contribution in [3.63, 3.8) is 0 Å². The van der Waals surface area contributed by atoms with Crippen molar-refractivity contribution >= 4 is 28.0 Å². The first-order valence-electron chi connectivity index (χ1n) is 2.79. The summed E-state index contributed by atoms with van der Waals surface area (Å²) in [5.41, 5.74) is 0. The number of carbonyl (C=O) groups is 2. The fraction of sp³-hybridized carbons (Fsp3) is 0. The molecule has 0 aromatic heterocycles. The predicted octanol–water partition coefficient (Wildman–Crippen LogP) is -14.9. The average molecular weight is 404 g/mol. The van der Waals surface area contributed by atoms with Gasteiger partial charge in [-0.05, 0) is 0 Å². The maximum atomic E-state index is 10.2. The molecule has 0 rings (SSSR count). The largest absolute Gasteiger partial charge is 1.00 e. The van der Waals surface area contributed by atoms with Crippen molar-refractivity contribution in [1.82, 2.24) is 0 Å². The molecule has 0 bridgehead atoms. The zero-order valence-electron chi connectivity index (χ0n) is 17.0. The van der Waals surface area contributed by atoms with Crippen LogP contribution in [-0.2, 0) is 18.2 Å². The van der Waals surface area contributed by atoms with E-state index < -0.39 is 28.0 Å². The topological polar surface area (TPSA) is 208 Å². The summed E-state index contributed by atoms with van der Waals surface area (Å²) < 4.78 is 25.4. The molecule has 0 spiro atoms. The molecule has 0 aromatic carbocycles. The van der Waals surface area contributed by atoms with Crippen LogP contribution in [0.15, 0.2) is 0 Å². The first kappa shape index (κ1) is 44.4. The Morgan fingerprint density at radius 2 is 0.857 bits per heavy atom. The van der Waals surface area contributed by atoms with Gasteiger partial charge in [0.1, 0.15) is 0 Å². The molecule has 19 heteroatoms. The molecule has 0 atom stereocenters. The van der Waals surface area contributed by atoms with Gasteiger partial charge < -0.3 is 41.1 Å². The second-order valence-corrected chi connectivity index (χ2v) is 4.03. The first-order valence-corrected chi connectivity index (χ1v) is 5.85. The van der Waals surface area contributed by atoms with Gasteiger partial charge in [0.05, 0.1) is 0 Å². The van der Waals surface area contributed by atoms with Crippen LogP contribution in [0, 0.1) is 0 Å². The van der Waals surface area contributed by atoms with Gasteiger partial charge in [-0.2, -0.15) is 0 Å². The van der Waals surface area contributed by atoms with Crippen molar-refractivity contribution in [2.75, 3.05) is 0 Å². The van der Waals surface area contributed by atoms with Crippen LogP contribution in [0.5, 0.6) is 0 Å². The van der Waals surface area contributed by atoms with Gasteiger partial charge in [0, 0.05) is 0 Å². The molecular weight excluding hydrogens is 393 g/mol. The van der Waals surface area contributed by atoms with Crippen LogP contribution in [0.4, 0.5) is 9.59 Å². The van der Waals surface area contributed by atoms with E-state index in [1.807, 2.05) is 0 Å². The van der Waals surface area contributed by atoms with E-state index in [1.165, 1.54) is 0 Å². The minimum Gasteiger partial charge on any atom is -1.00 e. The van der Waals surface area contributed by atoms with E-state index in [0.717, 1.165) is 0 Å². The second kappa shape index (κ2) is 21.9. The number of hydrogen-bond acceptors (Lipinski definition) is 6. The van der Waals surface area contributed by atoms with Crippen LogP contribution in [-0.4, -0.2) is 42.1 Å². The Balaban J connectivity index is -0.0000000120. The van der Waals surface area contributed by atoms with Gasteiger partial charge in [-0.3, -0.25) is 4.89 Å². The smallest absolute Gasteiger partial charge is 1.00 e. The molecule has 0 amide bonds. The Kier molecular flexibility index (Phi) is 46.2. The number of phosphoric ester groups is 1. The molecule has 21 heavy (non-hydrogen) atoms. The van der Waals surface area contributed by atoms with Gasteiger partial charge in [-0.1, -0.05) is 0 Å². The molecule has 12 nitrogen and oxygen atoms in total. The predicted molar refractivity (Wildman–Crippen MR) is 47.9 cm³/mol. The summed E-state index contributed by atoms with van der Waals surface area (Å²) in [6, 6.07) is 0. The van der Waals surface area contributed by atoms with E-state index in [4.69, 9.17) is 34.4 Å². The Labute approximate surface area is 236 Å². The molecule has 0 fully saturated rings. The minimum atomic E-state index is -5.00. The molecule has 6 N–H and O–H groups in total. The Morgan fingerprint density at radius 3 is 0.952 bits per heavy atom. The van der Waals surface area contributed by atoms with Crippen LogP contribution in [0.25, 0.3) is 0 Å². The molecule has 0 aliphatic heterocycles. The van der Waals surface area contributed by atoms with Crippen molar-refractivity contribution in [2.45, 2.75) is 0 Å². The maximum absolute atomic E-state index is 10.2. The van der Waals surface area contributed by atoms with Crippen molar-refractivity contribution in [1.29, 1.82) is 0 Å². The maximum Gasteiger partial charge on any atom is 1.00 e. The van der Waals surface area contributed by atoms with Gasteiger partial charge in [0.25, 0.3) is 0 Å². The zero-order chi connectivity index (χ0) is 13.6. The zero-order valence-corrected chi connectivity index (χ0v) is 23.8. The molecule has 0 aliphatic rings. The molecule has 0 radical (unpaired) electrons. The van der Waals surface area contributed by atoms with Gasteiger partial charge >= 0.3 is 176 Å². The average Bonchev–Trinajstić information content (AvgIpc) is 1.72. The Bertz CT molecular complexity index is 344. The second-order valence-electron chi connectivity index (χ2n) is 1.70. The molecule has 0 heterocycles. The van der Waals surface area contributed by atoms with Gasteiger partial charge in [0.2, 0.25) is 0 Å². The van der Waals surface area contributed by atoms with Crippen LogP contribution >= 0.6 is 15.6 Å². The van der Waals surface area contributed by atoms with Gasteiger partial charge in [-0.15, -0.1) is 0 Å². The van der Waals surface area contributed by atoms with E-state index in [9.17, 15) is 14.2 Å². The molecule has 0 saturated carbocycles. The summed E-state index contributed by atoms with van der Waals surface area (Å²) in [5, 5.41) is 15.5. The standard InChI is InChI=1S/C2H3O8P.5Na.H3O4P.5H/c3-1(4)9-11(7,8)10-2(5)6;;;;;;1-5(2,3)4;;;;;/h(H,3,4)(H,5,6)(H,7,8);;;;;;(H3,1,2,3,4);;;;;/q;5*+1;;5*-1. The molecule has 0 aliphatic carbocycles. The number of phosphoric acid groups is 2. The van der Waals surface area contributed by atoms with Gasteiger partial charge in [0.15, 0.2) is 0 Å². The summed E-state index contributed by atoms with van der Waals surface area (Å²) in [4.78, 5) is 48.9. The summed E-state index contributed by atoms with van der Waals surface area (Å²) in [7, 11) is -9.64. The fourth-order valence-electron chi connectivity index (χ4n) is 0.216. The third kappa shape index (κ3) is 59.4. The Hall–Kier alpha value is 3.84. The number of hydrogen-bond donors (Lipinski definition) is 6. The normalized spacial score (nSPS) is 8.19. The van der Waals surface area contributed by atoms with Crippen molar-refractivity contribution in [2.24, 2.45) is 0 Å². The van der Waals surface area contributed by atoms with E-state index in [0.29, 0.717) is 0 Å². The van der Waals surface area contributed by atoms with Crippen LogP contribution in [0.3, 0.4) is 0 Å². The summed E-state index contributed by atoms with van der Waals surface area (Å²) in [6.07, 6.45) is -4.20. The van der Waals surface area contributed by atoms with E-state index >= 15 is 0 Å². The number of rotatable bonds is 2. The Morgan fingerprint density at radius 1 is 0.714 bits per heavy atom. The van der Waals surface area contributed by atoms with Crippen molar-refractivity contribution in [3.05, 3.63) is 0 Å². The quantitative estimate of drug-likeness (QED) is 0.187. The summed E-state index contributed by atoms with van der Waals surface area (Å²) in [5.74, 6) is 0. The molecule has 0 aromatic rings. The fourth-order valence-corrected chi connectivity index (χ4v) is 0.648. The minimum absolute atomic E-state index is 0. The van der Waals surface area contributed by atoms with Crippen molar-refractivity contribution < 1.29 is 212 Å². The molecule has 0 unspecified atom stereocenters. The van der Waals surface area contributed by atoms with Crippen LogP contribution in [0.1, 0.15) is 7.13 Å². The monoisotopic (exact) mass is 404 g/mol. The van der Waals surface area contributed by atoms with E-state index in [2.05, 4.69) is 9.05 Å². The molecule has 106 valence electrons.